The third-order valence-electron chi connectivity index (χ3n) is 3.05. The molecule has 0 atom stereocenters. The van der Waals surface area contributed by atoms with E-state index in [-0.39, 0.29) is 0 Å². The number of rotatable bonds is 1. The van der Waals surface area contributed by atoms with Gasteiger partial charge in [0.2, 0.25) is 0 Å². The number of piperidine rings is 1. The van der Waals surface area contributed by atoms with Gasteiger partial charge in [-0.2, -0.15) is 0 Å². The van der Waals surface area contributed by atoms with Gasteiger partial charge >= 0.3 is 0 Å². The van der Waals surface area contributed by atoms with Crippen LogP contribution in [0.1, 0.15) is 12.8 Å². The van der Waals surface area contributed by atoms with Gasteiger partial charge in [0.15, 0.2) is 0 Å². The van der Waals surface area contributed by atoms with Crippen LogP contribution < -0.4 is 0 Å². The van der Waals surface area contributed by atoms with E-state index in [9.17, 15) is 0 Å². The Morgan fingerprint density at radius 2 is 1.91 bits per heavy atom. The molecule has 2 aliphatic heterocycles. The van der Waals surface area contributed by atoms with Gasteiger partial charge in [0.1, 0.15) is 0 Å². The van der Waals surface area contributed by atoms with Crippen molar-refractivity contribution in [3.63, 3.8) is 0 Å². The molecule has 2 fully saturated rings. The maximum atomic E-state index is 5.25. The largest absolute Gasteiger partial charge is 0.380 e. The first-order valence-electron chi connectivity index (χ1n) is 4.44. The van der Waals surface area contributed by atoms with Crippen molar-refractivity contribution in [1.29, 1.82) is 0 Å². The Morgan fingerprint density at radius 1 is 1.27 bits per heavy atom. The van der Waals surface area contributed by atoms with Crippen LogP contribution >= 0.6 is 0 Å². The van der Waals surface area contributed by atoms with Crippen LogP contribution in [0.4, 0.5) is 0 Å². The van der Waals surface area contributed by atoms with Crippen LogP contribution in [0.3, 0.4) is 0 Å². The predicted octanol–water partition coefficient (Wildman–Crippen LogP) is 0.933. The van der Waals surface area contributed by atoms with E-state index in [1.54, 1.807) is 0 Å². The fourth-order valence-electron chi connectivity index (χ4n) is 1.93. The van der Waals surface area contributed by atoms with Crippen molar-refractivity contribution in [3.8, 4) is 0 Å². The van der Waals surface area contributed by atoms with Crippen molar-refractivity contribution in [2.75, 3.05) is 32.8 Å². The molecule has 2 saturated heterocycles. The third kappa shape index (κ3) is 1.30. The second-order valence-electron chi connectivity index (χ2n) is 3.83. The maximum Gasteiger partial charge on any atom is 0.0545 e. The molecule has 11 heavy (non-hydrogen) atoms. The molecule has 0 N–H and O–H groups in total. The summed E-state index contributed by atoms with van der Waals surface area (Å²) in [6.45, 7) is 9.35. The van der Waals surface area contributed by atoms with Crippen molar-refractivity contribution >= 4 is 0 Å². The lowest BCUT2D eigenvalue weighted by Crippen LogP contribution is -2.50. The number of hydrogen-bond donors (Lipinski definition) is 0. The summed E-state index contributed by atoms with van der Waals surface area (Å²) in [4.78, 5) is 2.42. The highest BCUT2D eigenvalue weighted by atomic mass is 16.5. The van der Waals surface area contributed by atoms with Crippen LogP contribution in [-0.4, -0.2) is 37.7 Å². The first kappa shape index (κ1) is 7.56. The van der Waals surface area contributed by atoms with Crippen LogP contribution in [0, 0.1) is 12.3 Å². The smallest absolute Gasteiger partial charge is 0.0545 e. The second-order valence-corrected chi connectivity index (χ2v) is 3.83. The lowest BCUT2D eigenvalue weighted by molar-refractivity contribution is -0.138. The minimum Gasteiger partial charge on any atom is -0.380 e. The first-order chi connectivity index (χ1) is 5.35. The molecule has 0 bridgehead atoms. The van der Waals surface area contributed by atoms with E-state index in [1.165, 1.54) is 25.9 Å². The van der Waals surface area contributed by atoms with Crippen LogP contribution in [0.25, 0.3) is 0 Å². The van der Waals surface area contributed by atoms with E-state index < -0.39 is 0 Å². The summed E-state index contributed by atoms with van der Waals surface area (Å²) in [5.41, 5.74) is 0.589. The van der Waals surface area contributed by atoms with Crippen LogP contribution in [0.5, 0.6) is 0 Å². The predicted molar refractivity (Wildman–Crippen MR) is 44.3 cm³/mol. The van der Waals surface area contributed by atoms with Gasteiger partial charge in [0.25, 0.3) is 0 Å². The molecule has 0 aromatic heterocycles. The molecule has 1 radical (unpaired) electrons. The minimum absolute atomic E-state index is 0.589. The maximum absolute atomic E-state index is 5.25. The summed E-state index contributed by atoms with van der Waals surface area (Å²) in [5.74, 6) is 0. The average molecular weight is 154 g/mol. The molecule has 63 valence electrons. The minimum atomic E-state index is 0.589. The molecule has 2 rings (SSSR count). The van der Waals surface area contributed by atoms with Crippen LogP contribution in [-0.2, 0) is 4.74 Å². The monoisotopic (exact) mass is 154 g/mol. The van der Waals surface area contributed by atoms with E-state index in [0.29, 0.717) is 5.41 Å². The fraction of sp³-hybridized carbons (Fsp3) is 0.889. The van der Waals surface area contributed by atoms with Gasteiger partial charge in [-0.25, -0.2) is 0 Å². The van der Waals surface area contributed by atoms with Crippen molar-refractivity contribution in [1.82, 2.24) is 4.90 Å². The Morgan fingerprint density at radius 3 is 2.27 bits per heavy atom. The normalized spacial score (nSPS) is 30.3. The molecule has 0 aromatic rings. The average Bonchev–Trinajstić information content (AvgIpc) is 2.02. The summed E-state index contributed by atoms with van der Waals surface area (Å²) < 4.78 is 5.25. The van der Waals surface area contributed by atoms with E-state index in [0.717, 1.165) is 19.8 Å². The summed E-state index contributed by atoms with van der Waals surface area (Å²) in [5, 5.41) is 0. The number of nitrogens with zero attached hydrogens (tertiary/aromatic N) is 1. The quantitative estimate of drug-likeness (QED) is 0.557. The topological polar surface area (TPSA) is 12.5 Å². The Hall–Kier alpha value is -0.0800. The molecule has 2 heterocycles. The third-order valence-corrected chi connectivity index (χ3v) is 3.05. The van der Waals surface area contributed by atoms with Crippen molar-refractivity contribution in [2.45, 2.75) is 12.8 Å². The highest BCUT2D eigenvalue weighted by molar-refractivity contribution is 4.90. The molecule has 0 unspecified atom stereocenters. The summed E-state index contributed by atoms with van der Waals surface area (Å²) in [6.07, 6.45) is 2.64. The van der Waals surface area contributed by atoms with Gasteiger partial charge in [0.05, 0.1) is 13.2 Å². The summed E-state index contributed by atoms with van der Waals surface area (Å²) in [7, 11) is 0. The van der Waals surface area contributed by atoms with Crippen molar-refractivity contribution in [3.05, 3.63) is 6.92 Å². The molecule has 0 aromatic carbocycles. The Labute approximate surface area is 68.5 Å². The molecule has 2 nitrogen and oxygen atoms in total. The number of likely N-dealkylation sites (tertiary alicyclic amines) is 1. The molecule has 2 aliphatic rings. The summed E-state index contributed by atoms with van der Waals surface area (Å²) in [6, 6.07) is 0. The zero-order valence-electron chi connectivity index (χ0n) is 7.01. The molecule has 0 amide bonds. The molecule has 0 saturated carbocycles. The van der Waals surface area contributed by atoms with Gasteiger partial charge in [-0.3, -0.25) is 0 Å². The SMILES string of the molecule is [CH2]CN1CCC2(CC1)COC2. The highest BCUT2D eigenvalue weighted by Gasteiger charge is 2.40. The zero-order valence-corrected chi connectivity index (χ0v) is 7.01. The zero-order chi connectivity index (χ0) is 7.73. The first-order valence-corrected chi connectivity index (χ1v) is 4.44. The van der Waals surface area contributed by atoms with Crippen molar-refractivity contribution in [2.24, 2.45) is 5.41 Å². The van der Waals surface area contributed by atoms with Gasteiger partial charge < -0.3 is 9.64 Å². The molecule has 1 spiro atoms. The van der Waals surface area contributed by atoms with Crippen molar-refractivity contribution < 1.29 is 4.74 Å². The van der Waals surface area contributed by atoms with E-state index >= 15 is 0 Å². The number of hydrogen-bond acceptors (Lipinski definition) is 2. The molecular weight excluding hydrogens is 138 g/mol. The molecule has 2 heteroatoms. The van der Waals surface area contributed by atoms with Gasteiger partial charge in [-0.05, 0) is 39.4 Å². The Bertz CT molecular complexity index is 132. The Balaban J connectivity index is 1.84. The lowest BCUT2D eigenvalue weighted by Gasteiger charge is -2.47. The molecule has 0 aliphatic carbocycles. The number of ether oxygens (including phenoxy) is 1. The van der Waals surface area contributed by atoms with Gasteiger partial charge in [0, 0.05) is 5.41 Å². The fourth-order valence-corrected chi connectivity index (χ4v) is 1.93. The van der Waals surface area contributed by atoms with Gasteiger partial charge in [-0.15, -0.1) is 0 Å². The summed E-state index contributed by atoms with van der Waals surface area (Å²) >= 11 is 0. The lowest BCUT2D eigenvalue weighted by atomic mass is 9.77. The van der Waals surface area contributed by atoms with Crippen LogP contribution in [0.15, 0.2) is 0 Å². The van der Waals surface area contributed by atoms with E-state index in [4.69, 9.17) is 4.74 Å². The van der Waals surface area contributed by atoms with E-state index in [1.807, 2.05) is 0 Å². The standard InChI is InChI=1S/C9H16NO/c1-2-10-5-3-9(4-6-10)7-11-8-9/h1-8H2. The van der Waals surface area contributed by atoms with E-state index in [2.05, 4.69) is 11.8 Å². The molecular formula is C9H16NO. The van der Waals surface area contributed by atoms with Gasteiger partial charge in [-0.1, -0.05) is 0 Å². The highest BCUT2D eigenvalue weighted by Crippen LogP contribution is 2.37. The van der Waals surface area contributed by atoms with Crippen LogP contribution in [0.2, 0.25) is 0 Å². The Kier molecular flexibility index (Phi) is 1.90. The second kappa shape index (κ2) is 2.76.